The van der Waals surface area contributed by atoms with Gasteiger partial charge in [-0.3, -0.25) is 10.3 Å². The second kappa shape index (κ2) is 18.7. The van der Waals surface area contributed by atoms with Crippen LogP contribution in [0.1, 0.15) is 64.4 Å². The minimum absolute atomic E-state index is 0.220. The number of hydrogen-bond donors (Lipinski definition) is 2. The number of pyridine rings is 1. The highest BCUT2D eigenvalue weighted by Gasteiger charge is 2.55. The Morgan fingerprint density at radius 3 is 2.69 bits per heavy atom. The molecular weight excluding hydrogens is 598 g/mol. The van der Waals surface area contributed by atoms with E-state index in [9.17, 15) is 4.79 Å². The Morgan fingerprint density at radius 1 is 1.15 bits per heavy atom. The van der Waals surface area contributed by atoms with Gasteiger partial charge in [-0.25, -0.2) is 4.79 Å². The van der Waals surface area contributed by atoms with Crippen LogP contribution in [0.3, 0.4) is 0 Å². The van der Waals surface area contributed by atoms with Crippen LogP contribution in [-0.2, 0) is 19.8 Å². The number of nitrogens with zero attached hydrogens (tertiary/aromatic N) is 2. The lowest BCUT2D eigenvalue weighted by molar-refractivity contribution is -0.138. The van der Waals surface area contributed by atoms with E-state index in [1.165, 1.54) is 12.7 Å². The van der Waals surface area contributed by atoms with Crippen molar-refractivity contribution in [3.63, 3.8) is 0 Å². The van der Waals surface area contributed by atoms with Gasteiger partial charge in [0.25, 0.3) is 0 Å². The summed E-state index contributed by atoms with van der Waals surface area (Å²) in [5.41, 5.74) is 4.04. The van der Waals surface area contributed by atoms with Crippen LogP contribution in [0, 0.1) is 11.8 Å². The SMILES string of the molecule is C=CC(C)CC[C@H]1NC(c2ccccc2-c2ccccn2)([C@@H](C)N(C/C=C\COCCCCCCO)C(=C)C(=O)OC)C2=CC=CCC21. The predicted molar refractivity (Wildman–Crippen MR) is 195 cm³/mol. The molecule has 1 aliphatic carbocycles. The molecule has 2 aromatic rings. The molecule has 1 aromatic carbocycles. The Bertz CT molecular complexity index is 1430. The molecule has 7 nitrogen and oxygen atoms in total. The van der Waals surface area contributed by atoms with Crippen molar-refractivity contribution in [1.82, 2.24) is 15.2 Å². The van der Waals surface area contributed by atoms with Crippen molar-refractivity contribution in [2.24, 2.45) is 11.8 Å². The van der Waals surface area contributed by atoms with E-state index in [4.69, 9.17) is 19.6 Å². The fraction of sp³-hybridized carbons (Fsp3) is 0.463. The van der Waals surface area contributed by atoms with Crippen molar-refractivity contribution in [2.75, 3.05) is 33.5 Å². The van der Waals surface area contributed by atoms with Gasteiger partial charge in [0.05, 0.1) is 31.0 Å². The maximum absolute atomic E-state index is 13.1. The molecular formula is C41H55N3O4. The molecule has 2 heterocycles. The van der Waals surface area contributed by atoms with Gasteiger partial charge in [-0.2, -0.15) is 0 Å². The lowest BCUT2D eigenvalue weighted by Crippen LogP contribution is -2.57. The lowest BCUT2D eigenvalue weighted by atomic mass is 9.71. The number of carbonyl (C=O) groups excluding carboxylic acids is 1. The third-order valence-corrected chi connectivity index (χ3v) is 9.93. The zero-order valence-electron chi connectivity index (χ0n) is 29.2. The number of esters is 1. The summed E-state index contributed by atoms with van der Waals surface area (Å²) < 4.78 is 11.1. The first-order valence-corrected chi connectivity index (χ1v) is 17.5. The maximum Gasteiger partial charge on any atom is 0.353 e. The number of hydrogen-bond acceptors (Lipinski definition) is 7. The molecule has 1 saturated heterocycles. The van der Waals surface area contributed by atoms with E-state index in [0.717, 1.165) is 61.8 Å². The molecule has 1 aliphatic heterocycles. The van der Waals surface area contributed by atoms with E-state index in [0.29, 0.717) is 37.3 Å². The molecule has 0 spiro atoms. The minimum atomic E-state index is -0.665. The van der Waals surface area contributed by atoms with E-state index in [2.05, 4.69) is 91.9 Å². The van der Waals surface area contributed by atoms with Gasteiger partial charge in [0.15, 0.2) is 0 Å². The topological polar surface area (TPSA) is 83.9 Å². The summed E-state index contributed by atoms with van der Waals surface area (Å²) in [6, 6.07) is 14.5. The fourth-order valence-electron chi connectivity index (χ4n) is 7.20. The van der Waals surface area contributed by atoms with Crippen LogP contribution >= 0.6 is 0 Å². The number of fused-ring (bicyclic) bond motifs is 1. The molecule has 258 valence electrons. The van der Waals surface area contributed by atoms with Gasteiger partial charge in [0.1, 0.15) is 5.70 Å². The monoisotopic (exact) mass is 653 g/mol. The first kappa shape index (κ1) is 37.0. The second-order valence-corrected chi connectivity index (χ2v) is 13.0. The van der Waals surface area contributed by atoms with Gasteiger partial charge < -0.3 is 19.5 Å². The first-order chi connectivity index (χ1) is 23.4. The molecule has 1 aromatic heterocycles. The zero-order valence-corrected chi connectivity index (χ0v) is 29.2. The quantitative estimate of drug-likeness (QED) is 0.0662. The number of aromatic nitrogens is 1. The van der Waals surface area contributed by atoms with E-state index in [-0.39, 0.29) is 18.7 Å². The highest BCUT2D eigenvalue weighted by Crippen LogP contribution is 2.52. The summed E-state index contributed by atoms with van der Waals surface area (Å²) in [6.07, 6.45) is 21.5. The van der Waals surface area contributed by atoms with Crippen molar-refractivity contribution >= 4 is 5.97 Å². The summed E-state index contributed by atoms with van der Waals surface area (Å²) in [5.74, 6) is 0.252. The molecule has 1 fully saturated rings. The van der Waals surface area contributed by atoms with Gasteiger partial charge in [0, 0.05) is 43.5 Å². The number of allylic oxidation sites excluding steroid dienone is 4. The van der Waals surface area contributed by atoms with Gasteiger partial charge in [-0.05, 0) is 68.2 Å². The summed E-state index contributed by atoms with van der Waals surface area (Å²) in [7, 11) is 1.40. The maximum atomic E-state index is 13.1. The average molecular weight is 654 g/mol. The summed E-state index contributed by atoms with van der Waals surface area (Å²) >= 11 is 0. The number of aliphatic hydroxyl groups is 1. The normalized spacial score (nSPS) is 21.4. The summed E-state index contributed by atoms with van der Waals surface area (Å²) in [4.78, 5) is 20.0. The Labute approximate surface area is 288 Å². The van der Waals surface area contributed by atoms with Gasteiger partial charge in [-0.1, -0.05) is 93.1 Å². The van der Waals surface area contributed by atoms with Crippen LogP contribution in [0.2, 0.25) is 0 Å². The Balaban J connectivity index is 1.74. The Hall–Kier alpha value is -3.78. The number of methoxy groups -OCH3 is 1. The lowest BCUT2D eigenvalue weighted by Gasteiger charge is -2.46. The van der Waals surface area contributed by atoms with Crippen LogP contribution in [-0.4, -0.2) is 66.5 Å². The third-order valence-electron chi connectivity index (χ3n) is 9.93. The van der Waals surface area contributed by atoms with Gasteiger partial charge in [-0.15, -0.1) is 6.58 Å². The first-order valence-electron chi connectivity index (χ1n) is 17.5. The van der Waals surface area contributed by atoms with Crippen molar-refractivity contribution in [1.29, 1.82) is 0 Å². The van der Waals surface area contributed by atoms with E-state index in [1.807, 2.05) is 30.5 Å². The minimum Gasteiger partial charge on any atom is -0.464 e. The fourth-order valence-corrected chi connectivity index (χ4v) is 7.20. The summed E-state index contributed by atoms with van der Waals surface area (Å²) in [6.45, 7) is 14.6. The largest absolute Gasteiger partial charge is 0.464 e. The number of nitrogens with one attached hydrogen (secondary N) is 1. The molecule has 48 heavy (non-hydrogen) atoms. The number of aliphatic hydroxyl groups excluding tert-OH is 1. The average Bonchev–Trinajstić information content (AvgIpc) is 3.47. The number of ether oxygens (including phenoxy) is 2. The number of rotatable bonds is 20. The number of benzene rings is 1. The Morgan fingerprint density at radius 2 is 1.94 bits per heavy atom. The third kappa shape index (κ3) is 8.81. The van der Waals surface area contributed by atoms with Crippen LogP contribution in [0.25, 0.3) is 11.3 Å². The molecule has 3 unspecified atom stereocenters. The molecule has 7 heteroatoms. The van der Waals surface area contributed by atoms with Crippen molar-refractivity contribution in [3.8, 4) is 11.3 Å². The highest BCUT2D eigenvalue weighted by molar-refractivity contribution is 5.87. The summed E-state index contributed by atoms with van der Waals surface area (Å²) in [5, 5.41) is 13.2. The molecule has 0 amide bonds. The molecule has 2 aliphatic rings. The highest BCUT2D eigenvalue weighted by atomic mass is 16.5. The van der Waals surface area contributed by atoms with Crippen molar-refractivity contribution in [2.45, 2.75) is 76.4 Å². The second-order valence-electron chi connectivity index (χ2n) is 13.0. The molecule has 4 rings (SSSR count). The molecule has 0 bridgehead atoms. The van der Waals surface area contributed by atoms with Crippen molar-refractivity contribution in [3.05, 3.63) is 115 Å². The molecule has 5 atom stereocenters. The number of unbranched alkanes of at least 4 members (excludes halogenated alkanes) is 3. The van der Waals surface area contributed by atoms with Crippen LogP contribution < -0.4 is 5.32 Å². The molecule has 0 radical (unpaired) electrons. The van der Waals surface area contributed by atoms with E-state index < -0.39 is 11.5 Å². The smallest absolute Gasteiger partial charge is 0.353 e. The van der Waals surface area contributed by atoms with Crippen LogP contribution in [0.15, 0.2) is 110 Å². The Kier molecular flexibility index (Phi) is 14.4. The van der Waals surface area contributed by atoms with Crippen molar-refractivity contribution < 1.29 is 19.4 Å². The van der Waals surface area contributed by atoms with Gasteiger partial charge in [0.2, 0.25) is 0 Å². The van der Waals surface area contributed by atoms with E-state index >= 15 is 0 Å². The molecule has 2 N–H and O–H groups in total. The van der Waals surface area contributed by atoms with Crippen LogP contribution in [0.4, 0.5) is 0 Å². The van der Waals surface area contributed by atoms with Crippen LogP contribution in [0.5, 0.6) is 0 Å². The predicted octanol–water partition coefficient (Wildman–Crippen LogP) is 7.52. The van der Waals surface area contributed by atoms with Gasteiger partial charge >= 0.3 is 5.97 Å². The molecule has 0 saturated carbocycles. The number of carbonyl (C=O) groups is 1. The van der Waals surface area contributed by atoms with E-state index in [1.54, 1.807) is 0 Å². The standard InChI is InChI=1S/C41H55N3O4/c1-6-31(2)24-25-39-35-20-10-12-22-37(35)41(43-39,36-21-11-9-19-34(36)38-23-13-14-26-42-38)33(4)44(32(3)40(46)47-5)27-15-18-30-48-29-17-8-7-16-28-45/h6,9-15,18-19,21-23,26,31,33,35,39,43,45H,1,3,7-8,16-17,20,24-25,27-30H2,2,4-5H3/b18-15-/t31?,33-,35?,39-,41?/m1/s1. The zero-order chi connectivity index (χ0) is 34.4.